The van der Waals surface area contributed by atoms with Gasteiger partial charge in [-0.05, 0) is 44.3 Å². The molecule has 0 fully saturated rings. The summed E-state index contributed by atoms with van der Waals surface area (Å²) < 4.78 is 1.99. The molecule has 138 valence electrons. The predicted molar refractivity (Wildman–Crippen MR) is 114 cm³/mol. The van der Waals surface area contributed by atoms with Crippen molar-refractivity contribution in [2.45, 2.75) is 13.3 Å². The van der Waals surface area contributed by atoms with E-state index < -0.39 is 0 Å². The Hall–Kier alpha value is -1.18. The lowest BCUT2D eigenvalue weighted by molar-refractivity contribution is 0.0986. The van der Waals surface area contributed by atoms with Crippen molar-refractivity contribution >= 4 is 67.1 Å². The number of benzene rings is 1. The molecule has 0 unspecified atom stereocenters. The van der Waals surface area contributed by atoms with Gasteiger partial charge in [0, 0.05) is 13.1 Å². The summed E-state index contributed by atoms with van der Waals surface area (Å²) in [6, 6.07) is 7.85. The minimum absolute atomic E-state index is 0.172. The second-order valence-corrected chi connectivity index (χ2v) is 9.44. The number of carbonyl (C=O) groups is 1. The highest BCUT2D eigenvalue weighted by molar-refractivity contribution is 7.22. The van der Waals surface area contributed by atoms with Gasteiger partial charge in [-0.25, -0.2) is 4.98 Å². The molecule has 0 bridgehead atoms. The van der Waals surface area contributed by atoms with Crippen molar-refractivity contribution in [2.24, 2.45) is 0 Å². The van der Waals surface area contributed by atoms with Gasteiger partial charge in [0.15, 0.2) is 5.13 Å². The van der Waals surface area contributed by atoms with Gasteiger partial charge in [-0.15, -0.1) is 11.3 Å². The Labute approximate surface area is 171 Å². The van der Waals surface area contributed by atoms with Crippen molar-refractivity contribution < 1.29 is 4.79 Å². The number of aromatic nitrogens is 1. The van der Waals surface area contributed by atoms with E-state index in [1.165, 1.54) is 28.2 Å². The number of thiophene rings is 1. The molecule has 4 nitrogen and oxygen atoms in total. The molecule has 1 amide bonds. The molecule has 8 heteroatoms. The number of likely N-dealkylation sites (N-methyl/N-ethyl adjacent to an activating group) is 1. The lowest BCUT2D eigenvalue weighted by Crippen LogP contribution is -2.36. The number of carbonyl (C=O) groups excluding carboxylic acids is 1. The van der Waals surface area contributed by atoms with Gasteiger partial charge in [-0.1, -0.05) is 47.5 Å². The number of anilines is 1. The van der Waals surface area contributed by atoms with E-state index >= 15 is 0 Å². The molecular weight excluding hydrogens is 409 g/mol. The Morgan fingerprint density at radius 1 is 1.15 bits per heavy atom. The maximum Gasteiger partial charge on any atom is 0.262 e. The molecule has 0 N–H and O–H groups in total. The summed E-state index contributed by atoms with van der Waals surface area (Å²) in [6.07, 6.45) is 0.968. The lowest BCUT2D eigenvalue weighted by atomic mass is 10.2. The molecule has 0 spiro atoms. The van der Waals surface area contributed by atoms with Crippen LogP contribution in [0, 0.1) is 0 Å². The number of amides is 1. The first-order chi connectivity index (χ1) is 12.4. The van der Waals surface area contributed by atoms with Gasteiger partial charge >= 0.3 is 0 Å². The highest BCUT2D eigenvalue weighted by Gasteiger charge is 2.25. The minimum atomic E-state index is -0.172. The van der Waals surface area contributed by atoms with Gasteiger partial charge < -0.3 is 4.90 Å². The molecule has 2 heterocycles. The SMILES string of the molecule is CCc1ccc2nc(N(CCN(C)C)C(=O)c3cc(Cl)sc3Cl)sc2c1. The van der Waals surface area contributed by atoms with E-state index in [1.54, 1.807) is 11.0 Å². The van der Waals surface area contributed by atoms with E-state index in [1.807, 2.05) is 25.1 Å². The third kappa shape index (κ3) is 4.21. The summed E-state index contributed by atoms with van der Waals surface area (Å²) in [5, 5.41) is 0.679. The van der Waals surface area contributed by atoms with Crippen LogP contribution in [-0.4, -0.2) is 43.0 Å². The molecule has 0 saturated heterocycles. The van der Waals surface area contributed by atoms with Crippen LogP contribution in [0.3, 0.4) is 0 Å². The van der Waals surface area contributed by atoms with Crippen LogP contribution in [0.4, 0.5) is 5.13 Å². The molecule has 0 aliphatic carbocycles. The monoisotopic (exact) mass is 427 g/mol. The largest absolute Gasteiger partial charge is 0.308 e. The van der Waals surface area contributed by atoms with Gasteiger partial charge in [0.1, 0.15) is 4.34 Å². The van der Waals surface area contributed by atoms with Gasteiger partial charge in [0.2, 0.25) is 0 Å². The van der Waals surface area contributed by atoms with Crippen LogP contribution in [0.2, 0.25) is 8.67 Å². The smallest absolute Gasteiger partial charge is 0.262 e. The molecule has 2 aromatic heterocycles. The summed E-state index contributed by atoms with van der Waals surface area (Å²) in [4.78, 5) is 21.5. The first-order valence-corrected chi connectivity index (χ1v) is 10.6. The fourth-order valence-corrected chi connectivity index (χ4v) is 5.01. The van der Waals surface area contributed by atoms with Gasteiger partial charge in [-0.3, -0.25) is 9.69 Å². The van der Waals surface area contributed by atoms with Crippen LogP contribution >= 0.6 is 45.9 Å². The Morgan fingerprint density at radius 3 is 2.54 bits per heavy atom. The molecule has 26 heavy (non-hydrogen) atoms. The van der Waals surface area contributed by atoms with Gasteiger partial charge in [0.25, 0.3) is 5.91 Å². The Morgan fingerprint density at radius 2 is 1.92 bits per heavy atom. The molecule has 0 saturated carbocycles. The van der Waals surface area contributed by atoms with E-state index in [4.69, 9.17) is 23.2 Å². The molecule has 1 aromatic carbocycles. The molecule has 0 atom stereocenters. The quantitative estimate of drug-likeness (QED) is 0.525. The van der Waals surface area contributed by atoms with Crippen LogP contribution in [0.25, 0.3) is 10.2 Å². The molecular formula is C18H19Cl2N3OS2. The zero-order valence-corrected chi connectivity index (χ0v) is 17.9. The van der Waals surface area contributed by atoms with Gasteiger partial charge in [0.05, 0.1) is 20.1 Å². The number of thiazole rings is 1. The molecule has 0 aliphatic rings. The average molecular weight is 428 g/mol. The zero-order chi connectivity index (χ0) is 18.8. The topological polar surface area (TPSA) is 36.4 Å². The number of hydrogen-bond acceptors (Lipinski definition) is 5. The standard InChI is InChI=1S/C18H19Cl2N3OS2/c1-4-11-5-6-13-14(9-11)25-18(21-13)23(8-7-22(2)3)17(24)12-10-15(19)26-16(12)20/h5-6,9-10H,4,7-8H2,1-3H3. The molecule has 0 radical (unpaired) electrons. The highest BCUT2D eigenvalue weighted by Crippen LogP contribution is 2.35. The number of fused-ring (bicyclic) bond motifs is 1. The molecule has 3 aromatic rings. The Balaban J connectivity index is 2.00. The summed E-state index contributed by atoms with van der Waals surface area (Å²) >= 11 is 15.0. The normalized spacial score (nSPS) is 11.5. The maximum atomic E-state index is 13.1. The zero-order valence-electron chi connectivity index (χ0n) is 14.8. The van der Waals surface area contributed by atoms with Gasteiger partial charge in [-0.2, -0.15) is 0 Å². The van der Waals surface area contributed by atoms with Crippen molar-refractivity contribution in [3.63, 3.8) is 0 Å². The van der Waals surface area contributed by atoms with Crippen LogP contribution in [-0.2, 0) is 6.42 Å². The van der Waals surface area contributed by atoms with Crippen LogP contribution in [0.1, 0.15) is 22.8 Å². The first-order valence-electron chi connectivity index (χ1n) is 8.20. The number of halogens is 2. The van der Waals surface area contributed by atoms with E-state index in [9.17, 15) is 4.79 Å². The lowest BCUT2D eigenvalue weighted by Gasteiger charge is -2.21. The van der Waals surface area contributed by atoms with Crippen LogP contribution in [0.5, 0.6) is 0 Å². The number of hydrogen-bond donors (Lipinski definition) is 0. The Kier molecular flexibility index (Phi) is 6.20. The summed E-state index contributed by atoms with van der Waals surface area (Å²) in [5.41, 5.74) is 2.58. The summed E-state index contributed by atoms with van der Waals surface area (Å²) in [6.45, 7) is 3.37. The third-order valence-corrected chi connectivity index (χ3v) is 6.51. The number of nitrogens with zero attached hydrogens (tertiary/aromatic N) is 3. The van der Waals surface area contributed by atoms with Crippen LogP contribution < -0.4 is 4.90 Å². The maximum absolute atomic E-state index is 13.1. The van der Waals surface area contributed by atoms with Crippen molar-refractivity contribution in [1.29, 1.82) is 0 Å². The van der Waals surface area contributed by atoms with Crippen LogP contribution in [0.15, 0.2) is 24.3 Å². The van der Waals surface area contributed by atoms with E-state index in [0.717, 1.165) is 23.2 Å². The van der Waals surface area contributed by atoms with Crippen molar-refractivity contribution in [1.82, 2.24) is 9.88 Å². The second kappa shape index (κ2) is 8.23. The predicted octanol–water partition coefficient (Wildman–Crippen LogP) is 5.44. The number of rotatable bonds is 6. The van der Waals surface area contributed by atoms with Crippen molar-refractivity contribution in [2.75, 3.05) is 32.1 Å². The summed E-state index contributed by atoms with van der Waals surface area (Å²) in [7, 11) is 3.95. The van der Waals surface area contributed by atoms with E-state index in [2.05, 4.69) is 24.0 Å². The average Bonchev–Trinajstić information content (AvgIpc) is 3.16. The molecule has 0 aliphatic heterocycles. The fraction of sp³-hybridized carbons (Fsp3) is 0.333. The van der Waals surface area contributed by atoms with Crippen molar-refractivity contribution in [3.05, 3.63) is 44.1 Å². The highest BCUT2D eigenvalue weighted by atomic mass is 35.5. The minimum Gasteiger partial charge on any atom is -0.308 e. The number of aryl methyl sites for hydroxylation is 1. The third-order valence-electron chi connectivity index (χ3n) is 3.98. The molecule has 3 rings (SSSR count). The Bertz CT molecular complexity index is 936. The first kappa shape index (κ1) is 19.6. The summed E-state index contributed by atoms with van der Waals surface area (Å²) in [5.74, 6) is -0.172. The van der Waals surface area contributed by atoms with Crippen molar-refractivity contribution in [3.8, 4) is 0 Å². The second-order valence-electron chi connectivity index (χ2n) is 6.15. The van der Waals surface area contributed by atoms with E-state index in [-0.39, 0.29) is 5.91 Å². The fourth-order valence-electron chi connectivity index (χ4n) is 2.51. The van der Waals surface area contributed by atoms with E-state index in [0.29, 0.717) is 25.9 Å².